The number of carbonyl (C=O) groups excluding carboxylic acids is 1. The molecule has 1 amide bonds. The van der Waals surface area contributed by atoms with Gasteiger partial charge in [-0.1, -0.05) is 0 Å². The Bertz CT molecular complexity index is 455. The molecule has 1 aliphatic rings. The summed E-state index contributed by atoms with van der Waals surface area (Å²) in [5.74, 6) is 0.313. The van der Waals surface area contributed by atoms with E-state index in [0.717, 1.165) is 44.0 Å². The lowest BCUT2D eigenvalue weighted by molar-refractivity contribution is 0.100. The van der Waals surface area contributed by atoms with Crippen LogP contribution in [0.25, 0.3) is 0 Å². The number of piperidine rings is 1. The number of likely N-dealkylation sites (N-methyl/N-ethyl adjacent to an activating group) is 1. The molecule has 0 radical (unpaired) electrons. The molecule has 0 bridgehead atoms. The van der Waals surface area contributed by atoms with Crippen LogP contribution < -0.4 is 16.0 Å². The zero-order valence-electron chi connectivity index (χ0n) is 11.6. The summed E-state index contributed by atoms with van der Waals surface area (Å²) in [6, 6.07) is 3.99. The normalized spacial score (nSPS) is 19.2. The number of pyridine rings is 1. The number of carbonyl (C=O) groups is 1. The Morgan fingerprint density at radius 1 is 1.58 bits per heavy atom. The minimum Gasteiger partial charge on any atom is -0.365 e. The summed E-state index contributed by atoms with van der Waals surface area (Å²) < 4.78 is 0. The predicted octanol–water partition coefficient (Wildman–Crippen LogP) is 1.07. The van der Waals surface area contributed by atoms with Crippen molar-refractivity contribution in [1.82, 2.24) is 10.3 Å². The molecule has 1 saturated heterocycles. The van der Waals surface area contributed by atoms with E-state index in [1.165, 1.54) is 0 Å². The van der Waals surface area contributed by atoms with E-state index in [1.54, 1.807) is 6.07 Å². The number of nitrogens with zero attached hydrogens (tertiary/aromatic N) is 2. The van der Waals surface area contributed by atoms with Crippen molar-refractivity contribution in [2.75, 3.05) is 24.5 Å². The fourth-order valence-corrected chi connectivity index (χ4v) is 2.63. The van der Waals surface area contributed by atoms with Gasteiger partial charge in [0.1, 0.15) is 5.82 Å². The summed E-state index contributed by atoms with van der Waals surface area (Å²) in [6.07, 6.45) is 2.27. The fraction of sp³-hybridized carbons (Fsp3) is 0.571. The molecule has 5 heteroatoms. The monoisotopic (exact) mass is 262 g/mol. The second-order valence-corrected chi connectivity index (χ2v) is 4.97. The molecule has 5 nitrogen and oxygen atoms in total. The van der Waals surface area contributed by atoms with Gasteiger partial charge >= 0.3 is 0 Å². The highest BCUT2D eigenvalue weighted by atomic mass is 16.1. The average Bonchev–Trinajstić information content (AvgIpc) is 2.40. The van der Waals surface area contributed by atoms with Crippen molar-refractivity contribution in [2.24, 2.45) is 5.73 Å². The topological polar surface area (TPSA) is 71.2 Å². The van der Waals surface area contributed by atoms with Crippen molar-refractivity contribution >= 4 is 11.7 Å². The van der Waals surface area contributed by atoms with Crippen LogP contribution >= 0.6 is 0 Å². The number of aromatic nitrogens is 1. The second kappa shape index (κ2) is 6.02. The van der Waals surface area contributed by atoms with Gasteiger partial charge in [0.05, 0.1) is 5.56 Å². The molecule has 1 fully saturated rings. The van der Waals surface area contributed by atoms with E-state index in [1.807, 2.05) is 13.0 Å². The maximum absolute atomic E-state index is 11.6. The summed E-state index contributed by atoms with van der Waals surface area (Å²) in [5, 5.41) is 3.40. The molecule has 0 saturated carbocycles. The molecule has 19 heavy (non-hydrogen) atoms. The van der Waals surface area contributed by atoms with Crippen molar-refractivity contribution in [2.45, 2.75) is 32.7 Å². The van der Waals surface area contributed by atoms with Crippen LogP contribution in [0.1, 0.15) is 35.8 Å². The molecular formula is C14H22N4O. The highest BCUT2D eigenvalue weighted by Crippen LogP contribution is 2.23. The zero-order chi connectivity index (χ0) is 13.8. The third-order valence-corrected chi connectivity index (χ3v) is 3.60. The summed E-state index contributed by atoms with van der Waals surface area (Å²) in [6.45, 7) is 6.84. The van der Waals surface area contributed by atoms with Crippen LogP contribution in [0.5, 0.6) is 0 Å². The summed E-state index contributed by atoms with van der Waals surface area (Å²) in [4.78, 5) is 18.3. The fourth-order valence-electron chi connectivity index (χ4n) is 2.63. The Balaban J connectivity index is 2.35. The molecular weight excluding hydrogens is 240 g/mol. The Morgan fingerprint density at radius 3 is 2.95 bits per heavy atom. The average molecular weight is 262 g/mol. The number of nitrogens with two attached hydrogens (primary N) is 1. The van der Waals surface area contributed by atoms with Crippen LogP contribution in [-0.4, -0.2) is 36.6 Å². The first-order valence-electron chi connectivity index (χ1n) is 6.88. The highest BCUT2D eigenvalue weighted by molar-refractivity contribution is 5.97. The number of anilines is 1. The third kappa shape index (κ3) is 3.04. The van der Waals surface area contributed by atoms with Gasteiger partial charge in [0.2, 0.25) is 0 Å². The van der Waals surface area contributed by atoms with Gasteiger partial charge < -0.3 is 16.0 Å². The van der Waals surface area contributed by atoms with Crippen LogP contribution in [0.4, 0.5) is 5.82 Å². The largest absolute Gasteiger partial charge is 0.365 e. The summed E-state index contributed by atoms with van der Waals surface area (Å²) >= 11 is 0. The van der Waals surface area contributed by atoms with Crippen LogP contribution in [0.2, 0.25) is 0 Å². The zero-order valence-corrected chi connectivity index (χ0v) is 11.6. The SMILES string of the molecule is CCN(c1nc(C)ccc1C(N)=O)C1CCCNC1. The molecule has 1 aliphatic heterocycles. The molecule has 0 aliphatic carbocycles. The first-order chi connectivity index (χ1) is 9.13. The van der Waals surface area contributed by atoms with E-state index in [9.17, 15) is 4.79 Å². The van der Waals surface area contributed by atoms with Gasteiger partial charge in [-0.2, -0.15) is 0 Å². The molecule has 0 spiro atoms. The van der Waals surface area contributed by atoms with Crippen LogP contribution in [0.3, 0.4) is 0 Å². The Kier molecular flexibility index (Phi) is 4.37. The van der Waals surface area contributed by atoms with Crippen LogP contribution in [0, 0.1) is 6.92 Å². The summed E-state index contributed by atoms with van der Waals surface area (Å²) in [5.41, 5.74) is 6.88. The van der Waals surface area contributed by atoms with Gasteiger partial charge in [0.15, 0.2) is 0 Å². The third-order valence-electron chi connectivity index (χ3n) is 3.60. The van der Waals surface area contributed by atoms with E-state index in [2.05, 4.69) is 22.1 Å². The number of amides is 1. The van der Waals surface area contributed by atoms with Crippen LogP contribution in [0.15, 0.2) is 12.1 Å². The number of nitrogens with one attached hydrogen (secondary N) is 1. The van der Waals surface area contributed by atoms with Gasteiger partial charge in [-0.15, -0.1) is 0 Å². The van der Waals surface area contributed by atoms with Gasteiger partial charge in [-0.25, -0.2) is 4.98 Å². The molecule has 1 atom stereocenters. The number of hydrogen-bond acceptors (Lipinski definition) is 4. The van der Waals surface area contributed by atoms with Crippen molar-refractivity contribution in [3.63, 3.8) is 0 Å². The lowest BCUT2D eigenvalue weighted by atomic mass is 10.0. The molecule has 1 aromatic heterocycles. The van der Waals surface area contributed by atoms with E-state index >= 15 is 0 Å². The van der Waals surface area contributed by atoms with Crippen molar-refractivity contribution in [1.29, 1.82) is 0 Å². The quantitative estimate of drug-likeness (QED) is 0.851. The van der Waals surface area contributed by atoms with Crippen molar-refractivity contribution in [3.05, 3.63) is 23.4 Å². The maximum atomic E-state index is 11.6. The molecule has 2 rings (SSSR count). The smallest absolute Gasteiger partial charge is 0.252 e. The minimum absolute atomic E-state index is 0.381. The van der Waals surface area contributed by atoms with Gasteiger partial charge in [0.25, 0.3) is 5.91 Å². The number of primary amides is 1. The molecule has 3 N–H and O–H groups in total. The lowest BCUT2D eigenvalue weighted by Gasteiger charge is -2.35. The van der Waals surface area contributed by atoms with Gasteiger partial charge in [-0.3, -0.25) is 4.79 Å². The predicted molar refractivity (Wildman–Crippen MR) is 76.4 cm³/mol. The Morgan fingerprint density at radius 2 is 2.37 bits per heavy atom. The first kappa shape index (κ1) is 13.8. The maximum Gasteiger partial charge on any atom is 0.252 e. The van der Waals surface area contributed by atoms with Crippen molar-refractivity contribution in [3.8, 4) is 0 Å². The van der Waals surface area contributed by atoms with E-state index < -0.39 is 5.91 Å². The van der Waals surface area contributed by atoms with E-state index in [0.29, 0.717) is 11.6 Å². The van der Waals surface area contributed by atoms with Gasteiger partial charge in [-0.05, 0) is 45.4 Å². The molecule has 1 aromatic rings. The number of rotatable bonds is 4. The lowest BCUT2D eigenvalue weighted by Crippen LogP contribution is -2.47. The van der Waals surface area contributed by atoms with E-state index in [-0.39, 0.29) is 0 Å². The molecule has 2 heterocycles. The standard InChI is InChI=1S/C14H22N4O/c1-3-18(11-5-4-8-16-9-11)14-12(13(15)19)7-6-10(2)17-14/h6-7,11,16H,3-5,8-9H2,1-2H3,(H2,15,19). The van der Waals surface area contributed by atoms with Crippen LogP contribution in [-0.2, 0) is 0 Å². The Labute approximate surface area is 114 Å². The number of hydrogen-bond donors (Lipinski definition) is 2. The second-order valence-electron chi connectivity index (χ2n) is 4.97. The minimum atomic E-state index is -0.412. The summed E-state index contributed by atoms with van der Waals surface area (Å²) in [7, 11) is 0. The van der Waals surface area contributed by atoms with Crippen molar-refractivity contribution < 1.29 is 4.79 Å². The molecule has 0 aromatic carbocycles. The van der Waals surface area contributed by atoms with E-state index in [4.69, 9.17) is 5.73 Å². The first-order valence-corrected chi connectivity index (χ1v) is 6.88. The van der Waals surface area contributed by atoms with Gasteiger partial charge in [0, 0.05) is 24.8 Å². The highest BCUT2D eigenvalue weighted by Gasteiger charge is 2.24. The molecule has 1 unspecified atom stereocenters. The molecule has 104 valence electrons. The Hall–Kier alpha value is -1.62. The number of aryl methyl sites for hydroxylation is 1.